The predicted octanol–water partition coefficient (Wildman–Crippen LogP) is 1.85. The van der Waals surface area contributed by atoms with Gasteiger partial charge in [0.05, 0.1) is 7.11 Å². The molecule has 0 aliphatic carbocycles. The van der Waals surface area contributed by atoms with Crippen LogP contribution in [0.1, 0.15) is 30.6 Å². The number of amides is 2. The van der Waals surface area contributed by atoms with Crippen LogP contribution in [0.2, 0.25) is 0 Å². The van der Waals surface area contributed by atoms with Crippen LogP contribution in [0.5, 0.6) is 5.75 Å². The zero-order chi connectivity index (χ0) is 18.9. The summed E-state index contributed by atoms with van der Waals surface area (Å²) in [7, 11) is 1.57. The molecule has 0 saturated carbocycles. The third-order valence-electron chi connectivity index (χ3n) is 4.01. The maximum absolute atomic E-state index is 12.4. The second-order valence-corrected chi connectivity index (χ2v) is 6.34. The van der Waals surface area contributed by atoms with Crippen LogP contribution in [0, 0.1) is 5.92 Å². The lowest BCUT2D eigenvalue weighted by Gasteiger charge is -2.22. The zero-order valence-electron chi connectivity index (χ0n) is 15.4. The van der Waals surface area contributed by atoms with Gasteiger partial charge in [-0.1, -0.05) is 13.8 Å². The van der Waals surface area contributed by atoms with Crippen LogP contribution < -0.4 is 15.4 Å². The van der Waals surface area contributed by atoms with Crippen LogP contribution in [0.3, 0.4) is 0 Å². The quantitative estimate of drug-likeness (QED) is 0.670. The van der Waals surface area contributed by atoms with Crippen molar-refractivity contribution in [2.24, 2.45) is 5.92 Å². The molecule has 0 spiro atoms. The van der Waals surface area contributed by atoms with Gasteiger partial charge in [0.25, 0.3) is 5.91 Å². The number of carbonyl (C=O) groups excluding carboxylic acids is 2. The standard InChI is InChI=1S/C19H26N4O3/c1-14(2)17(19(25)20-10-4-12-23-13-5-11-21-23)22-18(24)15-6-8-16(26-3)9-7-15/h5-9,11,13-14,17H,4,10,12H2,1-3H3,(H,20,25)(H,22,24). The van der Waals surface area contributed by atoms with E-state index in [-0.39, 0.29) is 17.7 Å². The van der Waals surface area contributed by atoms with Gasteiger partial charge in [0.1, 0.15) is 11.8 Å². The molecule has 1 heterocycles. The number of aryl methyl sites for hydroxylation is 1. The number of nitrogens with zero attached hydrogens (tertiary/aromatic N) is 2. The summed E-state index contributed by atoms with van der Waals surface area (Å²) in [5.41, 5.74) is 0.489. The second-order valence-electron chi connectivity index (χ2n) is 6.34. The molecule has 1 unspecified atom stereocenters. The molecule has 2 amide bonds. The number of hydrogen-bond acceptors (Lipinski definition) is 4. The number of aromatic nitrogens is 2. The fourth-order valence-corrected chi connectivity index (χ4v) is 2.50. The lowest BCUT2D eigenvalue weighted by molar-refractivity contribution is -0.123. The molecule has 0 fully saturated rings. The van der Waals surface area contributed by atoms with E-state index < -0.39 is 6.04 Å². The maximum Gasteiger partial charge on any atom is 0.251 e. The molecule has 0 aliphatic heterocycles. The third kappa shape index (κ3) is 5.61. The van der Waals surface area contributed by atoms with Gasteiger partial charge in [0.15, 0.2) is 0 Å². The van der Waals surface area contributed by atoms with Gasteiger partial charge in [-0.25, -0.2) is 0 Å². The molecule has 7 heteroatoms. The molecule has 140 valence electrons. The van der Waals surface area contributed by atoms with Crippen molar-refractivity contribution in [1.29, 1.82) is 0 Å². The Morgan fingerprint density at radius 2 is 1.96 bits per heavy atom. The maximum atomic E-state index is 12.4. The Morgan fingerprint density at radius 3 is 2.54 bits per heavy atom. The van der Waals surface area contributed by atoms with Crippen molar-refractivity contribution in [3.63, 3.8) is 0 Å². The molecular formula is C19H26N4O3. The van der Waals surface area contributed by atoms with Gasteiger partial charge in [-0.3, -0.25) is 14.3 Å². The summed E-state index contributed by atoms with van der Waals surface area (Å²) in [6, 6.07) is 8.06. The van der Waals surface area contributed by atoms with Gasteiger partial charge in [-0.2, -0.15) is 5.10 Å². The molecule has 7 nitrogen and oxygen atoms in total. The van der Waals surface area contributed by atoms with Gasteiger partial charge < -0.3 is 15.4 Å². The van der Waals surface area contributed by atoms with Crippen LogP contribution in [0.15, 0.2) is 42.7 Å². The average Bonchev–Trinajstić information content (AvgIpc) is 3.16. The van der Waals surface area contributed by atoms with Gasteiger partial charge in [-0.15, -0.1) is 0 Å². The number of benzene rings is 1. The minimum absolute atomic E-state index is 0.0247. The van der Waals surface area contributed by atoms with Crippen LogP contribution in [0.4, 0.5) is 0 Å². The normalized spacial score (nSPS) is 11.8. The topological polar surface area (TPSA) is 85.2 Å². The highest BCUT2D eigenvalue weighted by Crippen LogP contribution is 2.12. The summed E-state index contributed by atoms with van der Waals surface area (Å²) in [5, 5.41) is 9.82. The lowest BCUT2D eigenvalue weighted by Crippen LogP contribution is -2.49. The summed E-state index contributed by atoms with van der Waals surface area (Å²) in [4.78, 5) is 24.9. The van der Waals surface area contributed by atoms with Crippen molar-refractivity contribution < 1.29 is 14.3 Å². The SMILES string of the molecule is COc1ccc(C(=O)NC(C(=O)NCCCn2cccn2)C(C)C)cc1. The second kappa shape index (κ2) is 9.60. The van der Waals surface area contributed by atoms with Crippen molar-refractivity contribution in [3.8, 4) is 5.75 Å². The van der Waals surface area contributed by atoms with Gasteiger partial charge in [0, 0.05) is 31.0 Å². The summed E-state index contributed by atoms with van der Waals surface area (Å²) >= 11 is 0. The van der Waals surface area contributed by atoms with E-state index in [1.54, 1.807) is 37.6 Å². The smallest absolute Gasteiger partial charge is 0.251 e. The molecule has 1 aromatic carbocycles. The summed E-state index contributed by atoms with van der Waals surface area (Å²) < 4.78 is 6.90. The highest BCUT2D eigenvalue weighted by atomic mass is 16.5. The number of methoxy groups -OCH3 is 1. The molecule has 2 aromatic rings. The third-order valence-corrected chi connectivity index (χ3v) is 4.01. The van der Waals surface area contributed by atoms with Crippen molar-refractivity contribution in [3.05, 3.63) is 48.3 Å². The largest absolute Gasteiger partial charge is 0.497 e. The fourth-order valence-electron chi connectivity index (χ4n) is 2.50. The van der Waals surface area contributed by atoms with E-state index in [0.717, 1.165) is 13.0 Å². The van der Waals surface area contributed by atoms with E-state index in [9.17, 15) is 9.59 Å². The van der Waals surface area contributed by atoms with E-state index >= 15 is 0 Å². The monoisotopic (exact) mass is 358 g/mol. The van der Waals surface area contributed by atoms with Crippen molar-refractivity contribution in [2.75, 3.05) is 13.7 Å². The van der Waals surface area contributed by atoms with E-state index in [1.165, 1.54) is 0 Å². The highest BCUT2D eigenvalue weighted by Gasteiger charge is 2.24. The average molecular weight is 358 g/mol. The van der Waals surface area contributed by atoms with Crippen molar-refractivity contribution >= 4 is 11.8 Å². The summed E-state index contributed by atoms with van der Waals surface area (Å²) in [6.45, 7) is 5.07. The van der Waals surface area contributed by atoms with E-state index in [4.69, 9.17) is 4.74 Å². The first-order valence-electron chi connectivity index (χ1n) is 8.71. The first kappa shape index (κ1) is 19.5. The number of carbonyl (C=O) groups is 2. The van der Waals surface area contributed by atoms with Crippen LogP contribution in [0.25, 0.3) is 0 Å². The Morgan fingerprint density at radius 1 is 1.23 bits per heavy atom. The van der Waals surface area contributed by atoms with Crippen LogP contribution in [-0.2, 0) is 11.3 Å². The molecule has 2 rings (SSSR count). The van der Waals surface area contributed by atoms with Gasteiger partial charge >= 0.3 is 0 Å². The first-order valence-corrected chi connectivity index (χ1v) is 8.71. The Balaban J connectivity index is 1.85. The van der Waals surface area contributed by atoms with E-state index in [1.807, 2.05) is 30.8 Å². The fraction of sp³-hybridized carbons (Fsp3) is 0.421. The van der Waals surface area contributed by atoms with Crippen LogP contribution in [-0.4, -0.2) is 41.3 Å². The lowest BCUT2D eigenvalue weighted by atomic mass is 10.0. The van der Waals surface area contributed by atoms with Crippen molar-refractivity contribution in [1.82, 2.24) is 20.4 Å². The molecule has 1 aromatic heterocycles. The summed E-state index contributed by atoms with van der Waals surface area (Å²) in [6.07, 6.45) is 4.38. The summed E-state index contributed by atoms with van der Waals surface area (Å²) in [5.74, 6) is 0.195. The molecule has 0 radical (unpaired) electrons. The molecule has 1 atom stereocenters. The number of rotatable bonds is 9. The Hall–Kier alpha value is -2.83. The minimum atomic E-state index is -0.589. The van der Waals surface area contributed by atoms with Gasteiger partial charge in [-0.05, 0) is 42.7 Å². The number of nitrogens with one attached hydrogen (secondary N) is 2. The molecule has 0 saturated heterocycles. The van der Waals surface area contributed by atoms with Crippen LogP contribution >= 0.6 is 0 Å². The van der Waals surface area contributed by atoms with E-state index in [2.05, 4.69) is 15.7 Å². The molecule has 0 aliphatic rings. The Labute approximate surface area is 153 Å². The predicted molar refractivity (Wildman–Crippen MR) is 98.9 cm³/mol. The first-order chi connectivity index (χ1) is 12.5. The minimum Gasteiger partial charge on any atom is -0.497 e. The molecule has 2 N–H and O–H groups in total. The highest BCUT2D eigenvalue weighted by molar-refractivity contribution is 5.97. The zero-order valence-corrected chi connectivity index (χ0v) is 15.4. The molecule has 26 heavy (non-hydrogen) atoms. The Bertz CT molecular complexity index is 696. The number of ether oxygens (including phenoxy) is 1. The van der Waals surface area contributed by atoms with Gasteiger partial charge in [0.2, 0.25) is 5.91 Å². The molecular weight excluding hydrogens is 332 g/mol. The number of hydrogen-bond donors (Lipinski definition) is 2. The molecule has 0 bridgehead atoms. The Kier molecular flexibility index (Phi) is 7.20. The van der Waals surface area contributed by atoms with E-state index in [0.29, 0.717) is 17.9 Å². The van der Waals surface area contributed by atoms with Crippen molar-refractivity contribution in [2.45, 2.75) is 32.9 Å².